The van der Waals surface area contributed by atoms with Gasteiger partial charge in [-0.15, -0.1) is 0 Å². The zero-order valence-electron chi connectivity index (χ0n) is 26.8. The number of rotatable bonds is 12. The van der Waals surface area contributed by atoms with E-state index in [1.54, 1.807) is 17.6 Å². The van der Waals surface area contributed by atoms with Crippen LogP contribution < -0.4 is 15.7 Å². The van der Waals surface area contributed by atoms with Crippen LogP contribution in [0.3, 0.4) is 0 Å². The molecular formula is C35H46N6O3. The number of carbonyl (C=O) groups excluding carboxylic acids is 1. The van der Waals surface area contributed by atoms with Gasteiger partial charge in [0.05, 0.1) is 11.4 Å². The number of nitrogens with one attached hydrogen (secondary N) is 2. The van der Waals surface area contributed by atoms with Crippen LogP contribution in [0, 0.1) is 5.41 Å². The van der Waals surface area contributed by atoms with Crippen LogP contribution in [0.1, 0.15) is 64.6 Å². The Kier molecular flexibility index (Phi) is 11.0. The average molecular weight is 599 g/mol. The van der Waals surface area contributed by atoms with Crippen molar-refractivity contribution in [1.29, 1.82) is 5.41 Å². The molecule has 0 radical (unpaired) electrons. The Morgan fingerprint density at radius 1 is 1.00 bits per heavy atom. The predicted octanol–water partition coefficient (Wildman–Crippen LogP) is 6.60. The molecular weight excluding hydrogens is 552 g/mol. The highest BCUT2D eigenvalue weighted by Crippen LogP contribution is 2.34. The fraction of sp³-hybridized carbons (Fsp3) is 0.400. The summed E-state index contributed by atoms with van der Waals surface area (Å²) in [6.07, 6.45) is 9.41. The number of imidazole rings is 1. The first-order valence-electron chi connectivity index (χ1n) is 15.4. The van der Waals surface area contributed by atoms with Crippen LogP contribution in [-0.2, 0) is 4.79 Å². The van der Waals surface area contributed by atoms with Crippen LogP contribution in [0.4, 0.5) is 5.82 Å². The van der Waals surface area contributed by atoms with E-state index in [1.807, 2.05) is 109 Å². The van der Waals surface area contributed by atoms with Crippen molar-refractivity contribution in [3.8, 4) is 17.2 Å². The second-order valence-corrected chi connectivity index (χ2v) is 11.8. The van der Waals surface area contributed by atoms with Crippen LogP contribution in [0.15, 0.2) is 83.3 Å². The van der Waals surface area contributed by atoms with Crippen molar-refractivity contribution >= 4 is 17.4 Å². The van der Waals surface area contributed by atoms with Crippen LogP contribution in [-0.4, -0.2) is 64.3 Å². The van der Waals surface area contributed by atoms with E-state index in [4.69, 9.17) is 10.1 Å². The molecule has 1 saturated carbocycles. The lowest BCUT2D eigenvalue weighted by molar-refractivity contribution is -0.127. The molecule has 0 bridgehead atoms. The lowest BCUT2D eigenvalue weighted by Crippen LogP contribution is -2.40. The lowest BCUT2D eigenvalue weighted by Gasteiger charge is -2.35. The third-order valence-electron chi connectivity index (χ3n) is 8.19. The van der Waals surface area contributed by atoms with E-state index in [9.17, 15) is 9.59 Å². The molecule has 0 spiro atoms. The molecule has 1 aromatic heterocycles. The summed E-state index contributed by atoms with van der Waals surface area (Å²) in [5.74, 6) is 2.02. The normalized spacial score (nSPS) is 17.2. The van der Waals surface area contributed by atoms with Gasteiger partial charge < -0.3 is 25.3 Å². The smallest absolute Gasteiger partial charge is 0.335 e. The Balaban J connectivity index is 1.65. The number of hydrogen-bond acceptors (Lipinski definition) is 6. The summed E-state index contributed by atoms with van der Waals surface area (Å²) >= 11 is 0. The van der Waals surface area contributed by atoms with Crippen molar-refractivity contribution in [2.45, 2.75) is 65.0 Å². The molecule has 9 heteroatoms. The number of allylic oxidation sites excluding steroid dienone is 1. The van der Waals surface area contributed by atoms with E-state index in [2.05, 4.69) is 12.2 Å². The van der Waals surface area contributed by atoms with Gasteiger partial charge in [-0.25, -0.2) is 4.79 Å². The molecule has 0 atom stereocenters. The number of ether oxygens (including phenoxy) is 1. The minimum absolute atomic E-state index is 0.00237. The summed E-state index contributed by atoms with van der Waals surface area (Å²) in [7, 11) is 5.81. The molecule has 1 aliphatic carbocycles. The third-order valence-corrected chi connectivity index (χ3v) is 8.19. The quantitative estimate of drug-likeness (QED) is 0.181. The molecule has 0 unspecified atom stereocenters. The lowest BCUT2D eigenvalue weighted by atomic mass is 9.90. The topological polar surface area (TPSA) is 95.6 Å². The highest BCUT2D eigenvalue weighted by molar-refractivity contribution is 6.00. The minimum Gasteiger partial charge on any atom is -0.457 e. The van der Waals surface area contributed by atoms with Gasteiger partial charge in [0.15, 0.2) is 0 Å². The van der Waals surface area contributed by atoms with E-state index < -0.39 is 0 Å². The van der Waals surface area contributed by atoms with Gasteiger partial charge in [0, 0.05) is 38.0 Å². The zero-order valence-corrected chi connectivity index (χ0v) is 26.8. The number of carbonyl (C=O) groups is 1. The fourth-order valence-corrected chi connectivity index (χ4v) is 5.53. The van der Waals surface area contributed by atoms with E-state index in [-0.39, 0.29) is 23.7 Å². The van der Waals surface area contributed by atoms with Crippen LogP contribution in [0.2, 0.25) is 0 Å². The Labute approximate surface area is 260 Å². The maximum atomic E-state index is 14.3. The molecule has 0 saturated heterocycles. The summed E-state index contributed by atoms with van der Waals surface area (Å²) in [6, 6.07) is 17.0. The Morgan fingerprint density at radius 3 is 2.23 bits per heavy atom. The monoisotopic (exact) mass is 598 g/mol. The number of likely N-dealkylation sites (N-methyl/N-ethyl adjacent to an activating group) is 2. The largest absolute Gasteiger partial charge is 0.457 e. The first kappa shape index (κ1) is 32.5. The van der Waals surface area contributed by atoms with Crippen molar-refractivity contribution < 1.29 is 9.53 Å². The van der Waals surface area contributed by atoms with Crippen LogP contribution in [0.5, 0.6) is 11.5 Å². The highest BCUT2D eigenvalue weighted by Gasteiger charge is 2.32. The highest BCUT2D eigenvalue weighted by atomic mass is 16.5. The molecule has 1 heterocycles. The molecule has 9 nitrogen and oxygen atoms in total. The Hall–Kier alpha value is -4.37. The predicted molar refractivity (Wildman–Crippen MR) is 178 cm³/mol. The van der Waals surface area contributed by atoms with Crippen LogP contribution >= 0.6 is 0 Å². The molecule has 1 amide bonds. The number of benzene rings is 2. The van der Waals surface area contributed by atoms with Crippen molar-refractivity contribution in [3.63, 3.8) is 0 Å². The van der Waals surface area contributed by atoms with Crippen molar-refractivity contribution in [1.82, 2.24) is 18.9 Å². The maximum Gasteiger partial charge on any atom is 0.335 e. The van der Waals surface area contributed by atoms with Gasteiger partial charge in [0.2, 0.25) is 5.91 Å². The number of hydrogen-bond donors (Lipinski definition) is 2. The van der Waals surface area contributed by atoms with E-state index in [0.29, 0.717) is 35.2 Å². The third kappa shape index (κ3) is 7.77. The molecule has 1 fully saturated rings. The minimum atomic E-state index is -0.187. The van der Waals surface area contributed by atoms with Gasteiger partial charge in [0.1, 0.15) is 23.0 Å². The zero-order chi connectivity index (χ0) is 31.8. The summed E-state index contributed by atoms with van der Waals surface area (Å²) < 4.78 is 9.43. The molecule has 2 aromatic carbocycles. The van der Waals surface area contributed by atoms with Gasteiger partial charge in [0.25, 0.3) is 0 Å². The van der Waals surface area contributed by atoms with Gasteiger partial charge >= 0.3 is 5.69 Å². The first-order valence-corrected chi connectivity index (χ1v) is 15.4. The van der Waals surface area contributed by atoms with Crippen molar-refractivity contribution in [2.75, 3.05) is 33.0 Å². The van der Waals surface area contributed by atoms with Crippen molar-refractivity contribution in [2.24, 2.45) is 0 Å². The summed E-state index contributed by atoms with van der Waals surface area (Å²) in [6.45, 7) is 6.55. The first-order chi connectivity index (χ1) is 21.1. The summed E-state index contributed by atoms with van der Waals surface area (Å²) in [4.78, 5) is 30.9. The standard InChI is InChI=1S/C35H46N6O3/c1-7-25(2)24-37-34-33(26(3)36)40(28-19-21-31(22-20-28)44-30-12-9-8-10-13-30)35(43)41(34)29-17-15-27(16-18-29)39(6)32(42)14-11-23-38(4)5/h8-14,19-22,24,27,29,36-37H,7,15-18,23H2,1-6H3/b14-11+,25-24+,36-26?. The van der Waals surface area contributed by atoms with Crippen molar-refractivity contribution in [3.05, 3.63) is 94.7 Å². The molecule has 234 valence electrons. The molecule has 3 aromatic rings. The molecule has 0 aliphatic heterocycles. The number of aromatic nitrogens is 2. The second kappa shape index (κ2) is 14.9. The van der Waals surface area contributed by atoms with E-state index in [0.717, 1.165) is 43.4 Å². The van der Waals surface area contributed by atoms with Gasteiger partial charge in [-0.05, 0) is 96.4 Å². The second-order valence-electron chi connectivity index (χ2n) is 11.8. The van der Waals surface area contributed by atoms with Gasteiger partial charge in [-0.2, -0.15) is 0 Å². The number of nitrogens with zero attached hydrogens (tertiary/aromatic N) is 4. The molecule has 44 heavy (non-hydrogen) atoms. The number of para-hydroxylation sites is 1. The fourth-order valence-electron chi connectivity index (χ4n) is 5.53. The average Bonchev–Trinajstić information content (AvgIpc) is 3.32. The van der Waals surface area contributed by atoms with E-state index >= 15 is 0 Å². The molecule has 2 N–H and O–H groups in total. The molecule has 4 rings (SSSR count). The number of amides is 1. The van der Waals surface area contributed by atoms with Gasteiger partial charge in [-0.1, -0.05) is 36.8 Å². The van der Waals surface area contributed by atoms with E-state index in [1.165, 1.54) is 0 Å². The Morgan fingerprint density at radius 2 is 1.64 bits per heavy atom. The SMILES string of the molecule is CC/C(C)=C/Nc1c(C(C)=N)n(-c2ccc(Oc3ccccc3)cc2)c(=O)n1C1CCC(N(C)C(=O)/C=C/CN(C)C)CC1. The van der Waals surface area contributed by atoms with Crippen LogP contribution in [0.25, 0.3) is 5.69 Å². The molecule has 1 aliphatic rings. The van der Waals surface area contributed by atoms with Gasteiger partial charge in [-0.3, -0.25) is 13.9 Å². The summed E-state index contributed by atoms with van der Waals surface area (Å²) in [5.41, 5.74) is 2.44. The maximum absolute atomic E-state index is 14.3. The number of anilines is 1. The summed E-state index contributed by atoms with van der Waals surface area (Å²) in [5, 5.41) is 12.1. The Bertz CT molecular complexity index is 1540.